The molecule has 0 spiro atoms. The van der Waals surface area contributed by atoms with Gasteiger partial charge in [-0.1, -0.05) is 24.3 Å². The third-order valence-corrected chi connectivity index (χ3v) is 2.03. The fourth-order valence-corrected chi connectivity index (χ4v) is 1.34. The van der Waals surface area contributed by atoms with E-state index in [-0.39, 0.29) is 0 Å². The Morgan fingerprint density at radius 1 is 1.21 bits per heavy atom. The van der Waals surface area contributed by atoms with Crippen molar-refractivity contribution in [3.05, 3.63) is 49.1 Å². The number of fused-ring (bicyclic) bond motifs is 1. The van der Waals surface area contributed by atoms with Crippen molar-refractivity contribution < 1.29 is 0 Å². The summed E-state index contributed by atoms with van der Waals surface area (Å²) in [6.07, 6.45) is 1.82. The normalized spacial score (nSPS) is 10.0. The summed E-state index contributed by atoms with van der Waals surface area (Å²) in [4.78, 5) is 4.45. The van der Waals surface area contributed by atoms with Gasteiger partial charge in [0.25, 0.3) is 0 Å². The summed E-state index contributed by atoms with van der Waals surface area (Å²) in [6.45, 7) is 4.39. The van der Waals surface area contributed by atoms with Crippen molar-refractivity contribution in [2.24, 2.45) is 0 Å². The van der Waals surface area contributed by atoms with Crippen LogP contribution in [0.15, 0.2) is 49.1 Å². The fraction of sp³-hybridized carbons (Fsp3) is 0.0833. The molecule has 0 saturated heterocycles. The molecule has 1 aromatic heterocycles. The van der Waals surface area contributed by atoms with E-state index in [2.05, 4.69) is 29.0 Å². The highest BCUT2D eigenvalue weighted by Crippen LogP contribution is 2.13. The van der Waals surface area contributed by atoms with Gasteiger partial charge >= 0.3 is 0 Å². The van der Waals surface area contributed by atoms with Crippen molar-refractivity contribution in [3.63, 3.8) is 0 Å². The van der Waals surface area contributed by atoms with E-state index in [0.29, 0.717) is 0 Å². The molecule has 1 N–H and O–H groups in total. The molecule has 0 amide bonds. The lowest BCUT2D eigenvalue weighted by Crippen LogP contribution is -1.99. The second-order valence-electron chi connectivity index (χ2n) is 3.06. The molecule has 0 unspecified atom stereocenters. The highest BCUT2D eigenvalue weighted by atomic mass is 15.0. The molecule has 1 aromatic carbocycles. The first-order valence-corrected chi connectivity index (χ1v) is 4.61. The van der Waals surface area contributed by atoms with E-state index in [9.17, 15) is 0 Å². The number of nitrogens with zero attached hydrogens (tertiary/aromatic N) is 1. The van der Waals surface area contributed by atoms with Crippen LogP contribution in [0.5, 0.6) is 0 Å². The van der Waals surface area contributed by atoms with Crippen molar-refractivity contribution in [2.75, 3.05) is 11.9 Å². The van der Waals surface area contributed by atoms with Crippen LogP contribution < -0.4 is 5.32 Å². The zero-order valence-corrected chi connectivity index (χ0v) is 7.90. The van der Waals surface area contributed by atoms with Crippen LogP contribution in [0, 0.1) is 0 Å². The van der Waals surface area contributed by atoms with Crippen LogP contribution in [0.2, 0.25) is 0 Å². The van der Waals surface area contributed by atoms with Gasteiger partial charge in [0.15, 0.2) is 0 Å². The first-order chi connectivity index (χ1) is 6.90. The molecule has 2 rings (SSSR count). The molecule has 2 aromatic rings. The highest BCUT2D eigenvalue weighted by molar-refractivity contribution is 5.80. The second-order valence-corrected chi connectivity index (χ2v) is 3.06. The van der Waals surface area contributed by atoms with E-state index in [1.807, 2.05) is 30.3 Å². The lowest BCUT2D eigenvalue weighted by Gasteiger charge is -2.03. The molecular weight excluding hydrogens is 172 g/mol. The Hall–Kier alpha value is -1.83. The minimum atomic E-state index is 0.741. The average molecular weight is 184 g/mol. The summed E-state index contributed by atoms with van der Waals surface area (Å²) in [5.41, 5.74) is 1.02. The minimum absolute atomic E-state index is 0.741. The van der Waals surface area contributed by atoms with Crippen LogP contribution in [0.3, 0.4) is 0 Å². The van der Waals surface area contributed by atoms with E-state index in [1.165, 1.54) is 0 Å². The second kappa shape index (κ2) is 3.92. The van der Waals surface area contributed by atoms with Gasteiger partial charge in [0.2, 0.25) is 0 Å². The summed E-state index contributed by atoms with van der Waals surface area (Å²) >= 11 is 0. The number of para-hydroxylation sites is 1. The predicted octanol–water partition coefficient (Wildman–Crippen LogP) is 2.83. The first-order valence-electron chi connectivity index (χ1n) is 4.61. The van der Waals surface area contributed by atoms with Gasteiger partial charge in [-0.3, -0.25) is 0 Å². The first kappa shape index (κ1) is 8.75. The molecule has 0 aliphatic rings. The molecule has 2 heteroatoms. The fourth-order valence-electron chi connectivity index (χ4n) is 1.34. The van der Waals surface area contributed by atoms with E-state index < -0.39 is 0 Å². The van der Waals surface area contributed by atoms with Crippen LogP contribution in [0.4, 0.5) is 5.82 Å². The highest BCUT2D eigenvalue weighted by Gasteiger charge is 1.94. The lowest BCUT2D eigenvalue weighted by molar-refractivity contribution is 1.26. The summed E-state index contributed by atoms with van der Waals surface area (Å²) < 4.78 is 0. The molecule has 1 heterocycles. The number of hydrogen-bond acceptors (Lipinski definition) is 2. The van der Waals surface area contributed by atoms with Crippen LogP contribution >= 0.6 is 0 Å². The standard InChI is InChI=1S/C12H12N2/c1-2-9-13-12-8-7-10-5-3-4-6-11(10)14-12/h2-8H,1,9H2,(H,13,14). The van der Waals surface area contributed by atoms with Crippen molar-refractivity contribution in [1.82, 2.24) is 4.98 Å². The Balaban J connectivity index is 2.36. The molecular formula is C12H12N2. The topological polar surface area (TPSA) is 24.9 Å². The van der Waals surface area contributed by atoms with Gasteiger partial charge in [0.05, 0.1) is 5.52 Å². The summed E-state index contributed by atoms with van der Waals surface area (Å²) in [7, 11) is 0. The SMILES string of the molecule is C=CCNc1ccc2ccccc2n1. The van der Waals surface area contributed by atoms with E-state index in [1.54, 1.807) is 0 Å². The zero-order valence-electron chi connectivity index (χ0n) is 7.90. The molecule has 0 fully saturated rings. The molecule has 0 saturated carbocycles. The Bertz CT molecular complexity index is 449. The Kier molecular flexibility index (Phi) is 2.45. The van der Waals surface area contributed by atoms with Gasteiger partial charge in [0, 0.05) is 11.9 Å². The van der Waals surface area contributed by atoms with Crippen molar-refractivity contribution in [1.29, 1.82) is 0 Å². The van der Waals surface area contributed by atoms with Gasteiger partial charge in [-0.15, -0.1) is 6.58 Å². The molecule has 0 atom stereocenters. The van der Waals surface area contributed by atoms with Gasteiger partial charge in [-0.05, 0) is 18.2 Å². The third-order valence-electron chi connectivity index (χ3n) is 2.03. The number of nitrogens with one attached hydrogen (secondary N) is 1. The minimum Gasteiger partial charge on any atom is -0.367 e. The third kappa shape index (κ3) is 1.74. The molecule has 0 radical (unpaired) electrons. The van der Waals surface area contributed by atoms with E-state index in [4.69, 9.17) is 0 Å². The largest absolute Gasteiger partial charge is 0.367 e. The molecule has 70 valence electrons. The Morgan fingerprint density at radius 3 is 2.93 bits per heavy atom. The van der Waals surface area contributed by atoms with Gasteiger partial charge < -0.3 is 5.32 Å². The molecule has 2 nitrogen and oxygen atoms in total. The molecule has 0 aliphatic carbocycles. The van der Waals surface area contributed by atoms with Crippen molar-refractivity contribution >= 4 is 16.7 Å². The van der Waals surface area contributed by atoms with Crippen LogP contribution in [-0.2, 0) is 0 Å². The summed E-state index contributed by atoms with van der Waals surface area (Å²) in [5, 5.41) is 4.32. The van der Waals surface area contributed by atoms with Gasteiger partial charge in [-0.25, -0.2) is 4.98 Å². The lowest BCUT2D eigenvalue weighted by atomic mass is 10.2. The summed E-state index contributed by atoms with van der Waals surface area (Å²) in [6, 6.07) is 12.1. The quantitative estimate of drug-likeness (QED) is 0.742. The number of rotatable bonds is 3. The maximum Gasteiger partial charge on any atom is 0.126 e. The van der Waals surface area contributed by atoms with E-state index >= 15 is 0 Å². The number of aromatic nitrogens is 1. The van der Waals surface area contributed by atoms with Crippen molar-refractivity contribution in [3.8, 4) is 0 Å². The number of benzene rings is 1. The monoisotopic (exact) mass is 184 g/mol. The molecule has 0 bridgehead atoms. The van der Waals surface area contributed by atoms with Crippen molar-refractivity contribution in [2.45, 2.75) is 0 Å². The molecule has 14 heavy (non-hydrogen) atoms. The van der Waals surface area contributed by atoms with Crippen LogP contribution in [-0.4, -0.2) is 11.5 Å². The zero-order chi connectivity index (χ0) is 9.80. The van der Waals surface area contributed by atoms with Crippen LogP contribution in [0.25, 0.3) is 10.9 Å². The smallest absolute Gasteiger partial charge is 0.126 e. The van der Waals surface area contributed by atoms with Gasteiger partial charge in [0.1, 0.15) is 5.82 Å². The number of anilines is 1. The predicted molar refractivity (Wildman–Crippen MR) is 60.4 cm³/mol. The summed E-state index contributed by atoms with van der Waals surface area (Å²) in [5.74, 6) is 0.892. The maximum atomic E-state index is 4.45. The number of pyridine rings is 1. The molecule has 0 aliphatic heterocycles. The number of hydrogen-bond donors (Lipinski definition) is 1. The Morgan fingerprint density at radius 2 is 2.07 bits per heavy atom. The maximum absolute atomic E-state index is 4.45. The Labute approximate surface area is 83.3 Å². The van der Waals surface area contributed by atoms with Gasteiger partial charge in [-0.2, -0.15) is 0 Å². The van der Waals surface area contributed by atoms with E-state index in [0.717, 1.165) is 23.3 Å². The van der Waals surface area contributed by atoms with Crippen LogP contribution in [0.1, 0.15) is 0 Å². The average Bonchev–Trinajstić information content (AvgIpc) is 2.26.